The monoisotopic (exact) mass is 361 g/mol. The molecule has 3 rings (SSSR count). The van der Waals surface area contributed by atoms with Gasteiger partial charge in [-0.2, -0.15) is 18.3 Å². The van der Waals surface area contributed by atoms with Gasteiger partial charge in [-0.15, -0.1) is 0 Å². The van der Waals surface area contributed by atoms with Gasteiger partial charge in [0.2, 0.25) is 0 Å². The smallest absolute Gasteiger partial charge is 0.354 e. The van der Waals surface area contributed by atoms with Crippen LogP contribution in [0.5, 0.6) is 0 Å². The average Bonchev–Trinajstić information content (AvgIpc) is 3.06. The third-order valence-corrected chi connectivity index (χ3v) is 3.78. The Morgan fingerprint density at radius 1 is 1.29 bits per heavy atom. The summed E-state index contributed by atoms with van der Waals surface area (Å²) >= 11 is 3.33. The Morgan fingerprint density at radius 2 is 2.10 bits per heavy atom. The number of halogens is 4. The van der Waals surface area contributed by atoms with Gasteiger partial charge in [0.25, 0.3) is 0 Å². The van der Waals surface area contributed by atoms with Crippen molar-refractivity contribution in [2.75, 3.05) is 18.0 Å². The van der Waals surface area contributed by atoms with Crippen LogP contribution in [0.15, 0.2) is 29.3 Å². The summed E-state index contributed by atoms with van der Waals surface area (Å²) in [6.45, 7) is 1.21. The molecule has 0 N–H and O–H groups in total. The van der Waals surface area contributed by atoms with E-state index in [9.17, 15) is 13.2 Å². The van der Waals surface area contributed by atoms with Gasteiger partial charge >= 0.3 is 6.18 Å². The number of nitrogens with zero attached hydrogens (tertiary/aromatic N) is 5. The molecule has 0 aromatic carbocycles. The van der Waals surface area contributed by atoms with Crippen LogP contribution in [-0.4, -0.2) is 32.8 Å². The molecule has 0 radical (unpaired) electrons. The van der Waals surface area contributed by atoms with Crippen molar-refractivity contribution < 1.29 is 13.2 Å². The lowest BCUT2D eigenvalue weighted by Gasteiger charge is -2.18. The topological polar surface area (TPSA) is 46.8 Å². The molecule has 2 aromatic heterocycles. The molecule has 112 valence electrons. The highest BCUT2D eigenvalue weighted by Gasteiger charge is 2.34. The zero-order valence-corrected chi connectivity index (χ0v) is 12.3. The first-order valence-corrected chi connectivity index (χ1v) is 7.06. The molecule has 5 nitrogen and oxygen atoms in total. The van der Waals surface area contributed by atoms with Crippen LogP contribution < -0.4 is 4.90 Å². The quantitative estimate of drug-likeness (QED) is 0.824. The molecule has 0 amide bonds. The van der Waals surface area contributed by atoms with Gasteiger partial charge in [0.05, 0.1) is 16.7 Å². The first-order valence-electron chi connectivity index (χ1n) is 6.27. The van der Waals surface area contributed by atoms with E-state index in [-0.39, 0.29) is 6.04 Å². The van der Waals surface area contributed by atoms with Gasteiger partial charge in [-0.3, -0.25) is 4.68 Å². The zero-order valence-electron chi connectivity index (χ0n) is 10.8. The third-order valence-electron chi connectivity index (χ3n) is 3.37. The number of hydrogen-bond acceptors (Lipinski definition) is 4. The maximum absolute atomic E-state index is 12.7. The summed E-state index contributed by atoms with van der Waals surface area (Å²) in [7, 11) is 0. The highest BCUT2D eigenvalue weighted by atomic mass is 79.9. The van der Waals surface area contributed by atoms with Gasteiger partial charge in [-0.05, 0) is 22.4 Å². The van der Waals surface area contributed by atoms with Crippen LogP contribution in [0.2, 0.25) is 0 Å². The Bertz CT molecular complexity index is 642. The van der Waals surface area contributed by atoms with Crippen molar-refractivity contribution in [2.45, 2.75) is 18.6 Å². The van der Waals surface area contributed by atoms with Gasteiger partial charge in [-0.1, -0.05) is 0 Å². The molecular formula is C12H11BrF3N5. The van der Waals surface area contributed by atoms with Crippen LogP contribution in [0.3, 0.4) is 0 Å². The normalized spacial score (nSPS) is 19.2. The lowest BCUT2D eigenvalue weighted by Crippen LogP contribution is -2.23. The van der Waals surface area contributed by atoms with Gasteiger partial charge in [0.15, 0.2) is 0 Å². The van der Waals surface area contributed by atoms with E-state index >= 15 is 0 Å². The molecule has 1 atom stereocenters. The molecule has 0 bridgehead atoms. The molecule has 1 aliphatic heterocycles. The molecule has 1 saturated heterocycles. The number of rotatable bonds is 2. The Labute approximate surface area is 126 Å². The first kappa shape index (κ1) is 14.3. The summed E-state index contributed by atoms with van der Waals surface area (Å²) in [6, 6.07) is 1.11. The second kappa shape index (κ2) is 5.28. The summed E-state index contributed by atoms with van der Waals surface area (Å²) < 4.78 is 40.7. The predicted molar refractivity (Wildman–Crippen MR) is 72.8 cm³/mol. The maximum Gasteiger partial charge on any atom is 0.433 e. The second-order valence-electron chi connectivity index (χ2n) is 4.79. The van der Waals surface area contributed by atoms with E-state index in [1.54, 1.807) is 6.20 Å². The number of alkyl halides is 3. The van der Waals surface area contributed by atoms with E-state index in [4.69, 9.17) is 0 Å². The van der Waals surface area contributed by atoms with Gasteiger partial charge in [0.1, 0.15) is 17.8 Å². The van der Waals surface area contributed by atoms with Crippen LogP contribution in [0, 0.1) is 0 Å². The summed E-state index contributed by atoms with van der Waals surface area (Å²) in [4.78, 5) is 9.04. The average molecular weight is 362 g/mol. The number of aromatic nitrogens is 4. The van der Waals surface area contributed by atoms with Crippen LogP contribution in [0.25, 0.3) is 0 Å². The summed E-state index contributed by atoms with van der Waals surface area (Å²) in [5.74, 6) is 0.297. The van der Waals surface area contributed by atoms with Gasteiger partial charge < -0.3 is 4.90 Å². The van der Waals surface area contributed by atoms with Crippen LogP contribution in [0.1, 0.15) is 18.2 Å². The molecule has 1 unspecified atom stereocenters. The van der Waals surface area contributed by atoms with E-state index < -0.39 is 11.9 Å². The van der Waals surface area contributed by atoms with Crippen LogP contribution in [-0.2, 0) is 6.18 Å². The van der Waals surface area contributed by atoms with E-state index in [1.165, 1.54) is 0 Å². The molecule has 0 aliphatic carbocycles. The van der Waals surface area contributed by atoms with E-state index in [2.05, 4.69) is 31.0 Å². The maximum atomic E-state index is 12.7. The van der Waals surface area contributed by atoms with E-state index in [0.29, 0.717) is 18.9 Å². The summed E-state index contributed by atoms with van der Waals surface area (Å²) in [6.07, 6.45) is 0.851. The van der Waals surface area contributed by atoms with E-state index in [1.807, 2.05) is 15.8 Å². The van der Waals surface area contributed by atoms with Crippen molar-refractivity contribution in [1.29, 1.82) is 0 Å². The summed E-state index contributed by atoms with van der Waals surface area (Å²) in [5.41, 5.74) is -0.919. The lowest BCUT2D eigenvalue weighted by atomic mass is 10.3. The Hall–Kier alpha value is -1.64. The predicted octanol–water partition coefficient (Wildman–Crippen LogP) is 2.91. The minimum absolute atomic E-state index is 0.126. The second-order valence-corrected chi connectivity index (χ2v) is 5.70. The van der Waals surface area contributed by atoms with Crippen molar-refractivity contribution in [1.82, 2.24) is 19.7 Å². The third kappa shape index (κ3) is 3.02. The highest BCUT2D eigenvalue weighted by molar-refractivity contribution is 9.10. The van der Waals surface area contributed by atoms with Crippen molar-refractivity contribution in [3.05, 3.63) is 35.0 Å². The molecular weight excluding hydrogens is 351 g/mol. The number of hydrogen-bond donors (Lipinski definition) is 0. The number of anilines is 1. The van der Waals surface area contributed by atoms with Crippen molar-refractivity contribution in [2.24, 2.45) is 0 Å². The molecule has 21 heavy (non-hydrogen) atoms. The molecule has 1 fully saturated rings. The van der Waals surface area contributed by atoms with Crippen LogP contribution >= 0.6 is 15.9 Å². The SMILES string of the molecule is FC(F)(F)c1cc(N2CCC(n3cc(Br)cn3)C2)ncn1. The fourth-order valence-electron chi connectivity index (χ4n) is 2.36. The van der Waals surface area contributed by atoms with Crippen molar-refractivity contribution >= 4 is 21.7 Å². The molecule has 1 aliphatic rings. The first-order chi connectivity index (χ1) is 9.93. The fraction of sp³-hybridized carbons (Fsp3) is 0.417. The minimum atomic E-state index is -4.45. The fourth-order valence-corrected chi connectivity index (χ4v) is 2.66. The Morgan fingerprint density at radius 3 is 2.76 bits per heavy atom. The van der Waals surface area contributed by atoms with Crippen molar-refractivity contribution in [3.63, 3.8) is 0 Å². The van der Waals surface area contributed by atoms with Gasteiger partial charge in [0, 0.05) is 25.4 Å². The van der Waals surface area contributed by atoms with E-state index in [0.717, 1.165) is 23.3 Å². The highest BCUT2D eigenvalue weighted by Crippen LogP contribution is 2.31. The molecule has 9 heteroatoms. The lowest BCUT2D eigenvalue weighted by molar-refractivity contribution is -0.141. The molecule has 3 heterocycles. The van der Waals surface area contributed by atoms with Crippen LogP contribution in [0.4, 0.5) is 19.0 Å². The summed E-state index contributed by atoms with van der Waals surface area (Å²) in [5, 5.41) is 4.21. The zero-order chi connectivity index (χ0) is 15.0. The Kier molecular flexibility index (Phi) is 3.60. The van der Waals surface area contributed by atoms with Gasteiger partial charge in [-0.25, -0.2) is 9.97 Å². The molecule has 2 aromatic rings. The minimum Gasteiger partial charge on any atom is -0.354 e. The molecule has 0 spiro atoms. The Balaban J connectivity index is 1.77. The largest absolute Gasteiger partial charge is 0.433 e. The molecule has 0 saturated carbocycles. The van der Waals surface area contributed by atoms with Crippen molar-refractivity contribution in [3.8, 4) is 0 Å². The standard InChI is InChI=1S/C12H11BrF3N5/c13-8-4-19-21(5-8)9-1-2-20(6-9)11-3-10(12(14,15)16)17-7-18-11/h3-5,7,9H,1-2,6H2.